The number of aromatic nitrogens is 1. The molecule has 1 unspecified atom stereocenters. The zero-order valence-corrected chi connectivity index (χ0v) is 16.7. The van der Waals surface area contributed by atoms with E-state index in [4.69, 9.17) is 9.72 Å². The van der Waals surface area contributed by atoms with Gasteiger partial charge in [0.2, 0.25) is 0 Å². The van der Waals surface area contributed by atoms with Crippen molar-refractivity contribution in [2.75, 3.05) is 18.6 Å². The van der Waals surface area contributed by atoms with E-state index in [1.807, 2.05) is 54.6 Å². The van der Waals surface area contributed by atoms with Crippen molar-refractivity contribution in [3.8, 4) is 0 Å². The molecule has 1 aliphatic carbocycles. The number of likely N-dealkylation sites (N-methyl/N-ethyl adjacent to an activating group) is 1. The molecule has 148 valence electrons. The van der Waals surface area contributed by atoms with E-state index in [0.717, 1.165) is 47.1 Å². The van der Waals surface area contributed by atoms with Gasteiger partial charge >= 0.3 is 5.97 Å². The molecule has 0 fully saturated rings. The standard InChI is InChI=1S/C24H24N2O3/c1-16-12-13-21-19(14-16)23(18-10-6-7-11-20(18)25-21)24(28)29-15-22(27)26(2)17-8-4-3-5-9-17/h3-11,16H,12-15H2,1-2H3. The van der Waals surface area contributed by atoms with Gasteiger partial charge in [-0.15, -0.1) is 0 Å². The Morgan fingerprint density at radius 2 is 1.83 bits per heavy atom. The molecule has 5 nitrogen and oxygen atoms in total. The summed E-state index contributed by atoms with van der Waals surface area (Å²) in [5.74, 6) is -0.239. The van der Waals surface area contributed by atoms with Crippen LogP contribution in [-0.4, -0.2) is 30.5 Å². The number of amides is 1. The SMILES string of the molecule is CC1CCc2nc3ccccc3c(C(=O)OCC(=O)N(C)c3ccccc3)c2C1. The van der Waals surface area contributed by atoms with E-state index in [9.17, 15) is 9.59 Å². The van der Waals surface area contributed by atoms with Gasteiger partial charge in [0, 0.05) is 23.8 Å². The maximum Gasteiger partial charge on any atom is 0.339 e. The van der Waals surface area contributed by atoms with Gasteiger partial charge in [0.25, 0.3) is 5.91 Å². The molecular formula is C24H24N2O3. The van der Waals surface area contributed by atoms with Crippen molar-refractivity contribution in [2.24, 2.45) is 5.92 Å². The Hall–Kier alpha value is -3.21. The number of pyridine rings is 1. The van der Waals surface area contributed by atoms with Crippen molar-refractivity contribution in [1.29, 1.82) is 0 Å². The molecule has 0 spiro atoms. The Labute approximate surface area is 170 Å². The van der Waals surface area contributed by atoms with Crippen LogP contribution < -0.4 is 4.90 Å². The maximum atomic E-state index is 13.1. The summed E-state index contributed by atoms with van der Waals surface area (Å²) >= 11 is 0. The van der Waals surface area contributed by atoms with Gasteiger partial charge in [-0.25, -0.2) is 4.79 Å². The number of hydrogen-bond donors (Lipinski definition) is 0. The molecule has 0 saturated heterocycles. The van der Waals surface area contributed by atoms with Crippen LogP contribution in [0.4, 0.5) is 5.69 Å². The van der Waals surface area contributed by atoms with Crippen molar-refractivity contribution in [1.82, 2.24) is 4.98 Å². The number of fused-ring (bicyclic) bond motifs is 2. The van der Waals surface area contributed by atoms with Crippen LogP contribution in [0.5, 0.6) is 0 Å². The molecule has 3 aromatic rings. The smallest absolute Gasteiger partial charge is 0.339 e. The molecule has 0 aliphatic heterocycles. The highest BCUT2D eigenvalue weighted by atomic mass is 16.5. The van der Waals surface area contributed by atoms with Crippen LogP contribution in [0.3, 0.4) is 0 Å². The van der Waals surface area contributed by atoms with Crippen LogP contribution >= 0.6 is 0 Å². The predicted octanol–water partition coefficient (Wildman–Crippen LogP) is 4.18. The number of carbonyl (C=O) groups is 2. The Morgan fingerprint density at radius 1 is 1.10 bits per heavy atom. The number of carbonyl (C=O) groups excluding carboxylic acids is 2. The van der Waals surface area contributed by atoms with Crippen molar-refractivity contribution in [3.05, 3.63) is 71.4 Å². The number of aryl methyl sites for hydroxylation is 1. The fourth-order valence-corrected chi connectivity index (χ4v) is 3.89. The first-order valence-electron chi connectivity index (χ1n) is 9.94. The molecule has 4 rings (SSSR count). The third kappa shape index (κ3) is 3.86. The van der Waals surface area contributed by atoms with Gasteiger partial charge in [0.15, 0.2) is 6.61 Å². The van der Waals surface area contributed by atoms with Crippen molar-refractivity contribution in [3.63, 3.8) is 0 Å². The zero-order valence-electron chi connectivity index (χ0n) is 16.7. The number of rotatable bonds is 4. The number of ether oxygens (including phenoxy) is 1. The minimum atomic E-state index is -0.455. The lowest BCUT2D eigenvalue weighted by Crippen LogP contribution is -2.31. The van der Waals surface area contributed by atoms with E-state index in [1.54, 1.807) is 7.05 Å². The Bertz CT molecular complexity index is 1060. The van der Waals surface area contributed by atoms with Gasteiger partial charge in [-0.05, 0) is 48.9 Å². The summed E-state index contributed by atoms with van der Waals surface area (Å²) in [7, 11) is 1.68. The molecule has 1 heterocycles. The molecule has 0 bridgehead atoms. The van der Waals surface area contributed by atoms with Crippen LogP contribution in [0.15, 0.2) is 54.6 Å². The van der Waals surface area contributed by atoms with Crippen LogP contribution in [0, 0.1) is 5.92 Å². The molecule has 1 atom stereocenters. The number of hydrogen-bond acceptors (Lipinski definition) is 4. The lowest BCUT2D eigenvalue weighted by molar-refractivity contribution is -0.121. The monoisotopic (exact) mass is 388 g/mol. The van der Waals surface area contributed by atoms with Crippen molar-refractivity contribution >= 4 is 28.5 Å². The molecule has 5 heteroatoms. The predicted molar refractivity (Wildman–Crippen MR) is 113 cm³/mol. The Kier molecular flexibility index (Phi) is 5.30. The molecule has 0 N–H and O–H groups in total. The fraction of sp³-hybridized carbons (Fsp3) is 0.292. The van der Waals surface area contributed by atoms with Gasteiger partial charge in [-0.2, -0.15) is 0 Å². The second-order valence-electron chi connectivity index (χ2n) is 7.64. The summed E-state index contributed by atoms with van der Waals surface area (Å²) in [6, 6.07) is 16.9. The van der Waals surface area contributed by atoms with Gasteiger partial charge in [-0.3, -0.25) is 9.78 Å². The molecular weight excluding hydrogens is 364 g/mol. The summed E-state index contributed by atoms with van der Waals surface area (Å²) in [6.45, 7) is 1.89. The topological polar surface area (TPSA) is 59.5 Å². The van der Waals surface area contributed by atoms with Crippen LogP contribution in [-0.2, 0) is 22.4 Å². The molecule has 2 aromatic carbocycles. The van der Waals surface area contributed by atoms with Gasteiger partial charge in [0.1, 0.15) is 0 Å². The van der Waals surface area contributed by atoms with Crippen molar-refractivity contribution < 1.29 is 14.3 Å². The van der Waals surface area contributed by atoms with E-state index in [0.29, 0.717) is 11.5 Å². The number of benzene rings is 2. The number of esters is 1. The van der Waals surface area contributed by atoms with E-state index in [1.165, 1.54) is 4.90 Å². The third-order valence-corrected chi connectivity index (χ3v) is 5.55. The van der Waals surface area contributed by atoms with E-state index < -0.39 is 5.97 Å². The fourth-order valence-electron chi connectivity index (χ4n) is 3.89. The molecule has 0 radical (unpaired) electrons. The number of anilines is 1. The van der Waals surface area contributed by atoms with Gasteiger partial charge < -0.3 is 9.64 Å². The summed E-state index contributed by atoms with van der Waals surface area (Å²) in [5, 5.41) is 0.786. The van der Waals surface area contributed by atoms with Crippen LogP contribution in [0.2, 0.25) is 0 Å². The molecule has 29 heavy (non-hydrogen) atoms. The first kappa shape index (κ1) is 19.1. The molecule has 0 saturated carbocycles. The van der Waals surface area contributed by atoms with E-state index in [-0.39, 0.29) is 12.5 Å². The Morgan fingerprint density at radius 3 is 2.62 bits per heavy atom. The van der Waals surface area contributed by atoms with E-state index in [2.05, 4.69) is 6.92 Å². The van der Waals surface area contributed by atoms with E-state index >= 15 is 0 Å². The van der Waals surface area contributed by atoms with Crippen molar-refractivity contribution in [2.45, 2.75) is 26.2 Å². The summed E-state index contributed by atoms with van der Waals surface area (Å²) in [6.07, 6.45) is 2.72. The quantitative estimate of drug-likeness (QED) is 0.629. The first-order chi connectivity index (χ1) is 14.0. The lowest BCUT2D eigenvalue weighted by atomic mass is 9.84. The first-order valence-corrected chi connectivity index (χ1v) is 9.94. The van der Waals surface area contributed by atoms with Crippen LogP contribution in [0.25, 0.3) is 10.9 Å². The second kappa shape index (κ2) is 8.03. The second-order valence-corrected chi connectivity index (χ2v) is 7.64. The zero-order chi connectivity index (χ0) is 20.4. The largest absolute Gasteiger partial charge is 0.452 e. The molecule has 1 aromatic heterocycles. The summed E-state index contributed by atoms with van der Waals surface area (Å²) in [5.41, 5.74) is 4.06. The van der Waals surface area contributed by atoms with Gasteiger partial charge in [-0.1, -0.05) is 43.3 Å². The average Bonchev–Trinajstić information content (AvgIpc) is 2.75. The average molecular weight is 388 g/mol. The summed E-state index contributed by atoms with van der Waals surface area (Å²) in [4.78, 5) is 31.9. The number of nitrogens with zero attached hydrogens (tertiary/aromatic N) is 2. The molecule has 1 amide bonds. The minimum absolute atomic E-state index is 0.273. The minimum Gasteiger partial charge on any atom is -0.452 e. The highest BCUT2D eigenvalue weighted by Gasteiger charge is 2.26. The maximum absolute atomic E-state index is 13.1. The Balaban J connectivity index is 1.60. The highest BCUT2D eigenvalue weighted by molar-refractivity contribution is 6.06. The third-order valence-electron chi connectivity index (χ3n) is 5.55. The lowest BCUT2D eigenvalue weighted by Gasteiger charge is -2.24. The van der Waals surface area contributed by atoms with Crippen LogP contribution in [0.1, 0.15) is 35.0 Å². The summed E-state index contributed by atoms with van der Waals surface area (Å²) < 4.78 is 5.48. The van der Waals surface area contributed by atoms with Gasteiger partial charge in [0.05, 0.1) is 11.1 Å². The molecule has 1 aliphatic rings. The highest BCUT2D eigenvalue weighted by Crippen LogP contribution is 2.32. The normalized spacial score (nSPS) is 15.6. The number of para-hydroxylation sites is 2.